The van der Waals surface area contributed by atoms with Crippen LogP contribution >= 0.6 is 0 Å². The van der Waals surface area contributed by atoms with E-state index >= 15 is 0 Å². The Labute approximate surface area is 216 Å². The molecule has 5 atom stereocenters. The first-order chi connectivity index (χ1) is 17.9. The Hall–Kier alpha value is -3.18. The molecule has 0 bridgehead atoms. The predicted molar refractivity (Wildman–Crippen MR) is 136 cm³/mol. The summed E-state index contributed by atoms with van der Waals surface area (Å²) in [5.74, 6) is -1.15. The van der Waals surface area contributed by atoms with Gasteiger partial charge in [0.2, 0.25) is 5.91 Å². The zero-order valence-electron chi connectivity index (χ0n) is 21.6. The molecule has 3 heterocycles. The maximum Gasteiger partial charge on any atom is 0.252 e. The van der Waals surface area contributed by atoms with E-state index < -0.39 is 42.1 Å². The number of methoxy groups -OCH3 is 1. The van der Waals surface area contributed by atoms with Crippen LogP contribution in [0.15, 0.2) is 29.4 Å². The molecule has 3 fully saturated rings. The lowest BCUT2D eigenvalue weighted by Crippen LogP contribution is -2.56. The van der Waals surface area contributed by atoms with Crippen molar-refractivity contribution < 1.29 is 23.9 Å². The molecule has 1 N–H and O–H groups in total. The molecule has 3 aliphatic rings. The van der Waals surface area contributed by atoms with Gasteiger partial charge in [-0.05, 0) is 49.7 Å². The van der Waals surface area contributed by atoms with Crippen molar-refractivity contribution in [3.8, 4) is 0 Å². The Balaban J connectivity index is 1.44. The highest BCUT2D eigenvalue weighted by atomic mass is 16.5. The highest BCUT2D eigenvalue weighted by Gasteiger charge is 2.53. The number of amides is 2. The number of anilines is 1. The fourth-order valence-corrected chi connectivity index (χ4v) is 5.31. The number of piperazine rings is 1. The zero-order chi connectivity index (χ0) is 26.5. The summed E-state index contributed by atoms with van der Waals surface area (Å²) in [6.07, 6.45) is -0.200. The van der Waals surface area contributed by atoms with Gasteiger partial charge in [0.05, 0.1) is 18.2 Å². The number of fused-ring (bicyclic) bond motifs is 1. The monoisotopic (exact) mass is 513 g/mol. The second-order valence-electron chi connectivity index (χ2n) is 9.72. The molecule has 37 heavy (non-hydrogen) atoms. The molecule has 0 saturated carbocycles. The molecule has 200 valence electrons. The number of hydrogen-bond donors (Lipinski definition) is 1. The largest absolute Gasteiger partial charge is 0.379 e. The van der Waals surface area contributed by atoms with E-state index in [-0.39, 0.29) is 18.9 Å². The number of hydrogen-bond acceptors (Lipinski definition) is 8. The number of ketones is 1. The van der Waals surface area contributed by atoms with Crippen molar-refractivity contribution >= 4 is 23.3 Å². The minimum Gasteiger partial charge on any atom is -0.379 e. The fraction of sp³-hybridized carbons (Fsp3) is 0.640. The van der Waals surface area contributed by atoms with Crippen molar-refractivity contribution in [2.45, 2.75) is 50.6 Å². The van der Waals surface area contributed by atoms with E-state index in [2.05, 4.69) is 32.1 Å². The summed E-state index contributed by atoms with van der Waals surface area (Å²) in [5.41, 5.74) is 10.4. The van der Waals surface area contributed by atoms with Crippen molar-refractivity contribution in [2.75, 3.05) is 57.9 Å². The Bertz CT molecular complexity index is 1040. The molecule has 0 spiro atoms. The van der Waals surface area contributed by atoms with Gasteiger partial charge in [0.1, 0.15) is 18.7 Å². The Morgan fingerprint density at radius 1 is 1.24 bits per heavy atom. The second-order valence-corrected chi connectivity index (χ2v) is 9.72. The third-order valence-electron chi connectivity index (χ3n) is 7.44. The summed E-state index contributed by atoms with van der Waals surface area (Å²) in [4.78, 5) is 48.1. The van der Waals surface area contributed by atoms with Crippen LogP contribution in [-0.4, -0.2) is 111 Å². The molecule has 5 unspecified atom stereocenters. The summed E-state index contributed by atoms with van der Waals surface area (Å²) in [6.45, 7) is 8.76. The number of ether oxygens (including phenoxy) is 2. The molecule has 3 aliphatic heterocycles. The Kier molecular flexibility index (Phi) is 8.65. The number of rotatable bonds is 9. The first-order valence-corrected chi connectivity index (χ1v) is 12.8. The van der Waals surface area contributed by atoms with Crippen LogP contribution in [0.2, 0.25) is 0 Å². The van der Waals surface area contributed by atoms with Crippen LogP contribution in [0, 0.1) is 0 Å². The molecular formula is C25H35N7O5. The lowest BCUT2D eigenvalue weighted by molar-refractivity contribution is -0.140. The Morgan fingerprint density at radius 3 is 2.57 bits per heavy atom. The number of likely N-dealkylation sites (tertiary alicyclic amines) is 1. The fourth-order valence-electron chi connectivity index (χ4n) is 5.31. The lowest BCUT2D eigenvalue weighted by atomic mass is 10.1. The molecule has 0 aliphatic carbocycles. The van der Waals surface area contributed by atoms with Crippen molar-refractivity contribution in [3.63, 3.8) is 0 Å². The first-order valence-electron chi connectivity index (χ1n) is 12.8. The van der Waals surface area contributed by atoms with E-state index in [0.717, 1.165) is 44.8 Å². The summed E-state index contributed by atoms with van der Waals surface area (Å²) in [7, 11) is 1.45. The number of benzene rings is 1. The van der Waals surface area contributed by atoms with E-state index in [0.29, 0.717) is 5.56 Å². The molecular weight excluding hydrogens is 478 g/mol. The quantitative estimate of drug-likeness (QED) is 0.297. The highest BCUT2D eigenvalue weighted by Crippen LogP contribution is 2.30. The normalized spacial score (nSPS) is 25.4. The number of azide groups is 1. The number of nitrogens with one attached hydrogen (secondary N) is 1. The van der Waals surface area contributed by atoms with E-state index in [1.54, 1.807) is 19.1 Å². The summed E-state index contributed by atoms with van der Waals surface area (Å²) >= 11 is 0. The van der Waals surface area contributed by atoms with Crippen molar-refractivity contribution in [1.29, 1.82) is 0 Å². The van der Waals surface area contributed by atoms with Crippen molar-refractivity contribution in [2.24, 2.45) is 5.11 Å². The predicted octanol–water partition coefficient (Wildman–Crippen LogP) is 1.21. The molecule has 4 rings (SSSR count). The number of carbonyl (C=O) groups is 3. The SMILES string of the molecule is CCCN1CCN(c2ccc(C(=O)NC(C(=O)N3CC(N=[N+]=[N-])C4OCC(=O)C43)C(C)OC)cc2)CC1. The van der Waals surface area contributed by atoms with Gasteiger partial charge in [-0.25, -0.2) is 0 Å². The van der Waals surface area contributed by atoms with Gasteiger partial charge in [-0.3, -0.25) is 19.3 Å². The van der Waals surface area contributed by atoms with Crippen LogP contribution in [0.1, 0.15) is 30.6 Å². The minimum atomic E-state index is -1.04. The lowest BCUT2D eigenvalue weighted by Gasteiger charge is -2.36. The zero-order valence-corrected chi connectivity index (χ0v) is 21.6. The summed E-state index contributed by atoms with van der Waals surface area (Å²) in [5, 5.41) is 6.50. The highest BCUT2D eigenvalue weighted by molar-refractivity contribution is 5.99. The van der Waals surface area contributed by atoms with Gasteiger partial charge in [0, 0.05) is 56.0 Å². The molecule has 12 heteroatoms. The van der Waals surface area contributed by atoms with Crippen LogP contribution < -0.4 is 10.2 Å². The second kappa shape index (κ2) is 11.9. The molecule has 1 aromatic rings. The van der Waals surface area contributed by atoms with Gasteiger partial charge in [0.15, 0.2) is 5.78 Å². The van der Waals surface area contributed by atoms with Gasteiger partial charge in [-0.1, -0.05) is 12.0 Å². The van der Waals surface area contributed by atoms with Gasteiger partial charge in [-0.15, -0.1) is 0 Å². The minimum absolute atomic E-state index is 0.0347. The van der Waals surface area contributed by atoms with Gasteiger partial charge in [-0.2, -0.15) is 0 Å². The van der Waals surface area contributed by atoms with E-state index in [1.165, 1.54) is 12.0 Å². The van der Waals surface area contributed by atoms with Gasteiger partial charge >= 0.3 is 0 Å². The van der Waals surface area contributed by atoms with E-state index in [4.69, 9.17) is 15.0 Å². The molecule has 2 amide bonds. The number of carbonyl (C=O) groups excluding carboxylic acids is 3. The molecule has 3 saturated heterocycles. The van der Waals surface area contributed by atoms with Crippen LogP contribution in [0.4, 0.5) is 5.69 Å². The molecule has 1 aromatic carbocycles. The number of Topliss-reactive ketones (excluding diaryl/α,β-unsaturated/α-hetero) is 1. The third-order valence-corrected chi connectivity index (χ3v) is 7.44. The van der Waals surface area contributed by atoms with Crippen molar-refractivity contribution in [1.82, 2.24) is 15.1 Å². The van der Waals surface area contributed by atoms with Crippen LogP contribution in [-0.2, 0) is 19.1 Å². The maximum atomic E-state index is 13.6. The number of nitrogens with zero attached hydrogens (tertiary/aromatic N) is 6. The van der Waals surface area contributed by atoms with Gasteiger partial charge < -0.3 is 24.6 Å². The van der Waals surface area contributed by atoms with Crippen LogP contribution in [0.5, 0.6) is 0 Å². The van der Waals surface area contributed by atoms with Gasteiger partial charge in [0.25, 0.3) is 5.91 Å². The third kappa shape index (κ3) is 5.72. The summed E-state index contributed by atoms with van der Waals surface area (Å²) in [6, 6.07) is 4.79. The molecule has 0 aromatic heterocycles. The average molecular weight is 514 g/mol. The molecule has 0 radical (unpaired) electrons. The van der Waals surface area contributed by atoms with Crippen LogP contribution in [0.25, 0.3) is 10.4 Å². The smallest absolute Gasteiger partial charge is 0.252 e. The van der Waals surface area contributed by atoms with Crippen molar-refractivity contribution in [3.05, 3.63) is 40.3 Å². The first kappa shape index (κ1) is 26.9. The maximum absolute atomic E-state index is 13.6. The van der Waals surface area contributed by atoms with E-state index in [1.807, 2.05) is 12.1 Å². The average Bonchev–Trinajstić information content (AvgIpc) is 3.48. The molecule has 12 nitrogen and oxygen atoms in total. The summed E-state index contributed by atoms with van der Waals surface area (Å²) < 4.78 is 10.9. The van der Waals surface area contributed by atoms with Crippen LogP contribution in [0.3, 0.4) is 0 Å². The topological polar surface area (TPSA) is 140 Å². The Morgan fingerprint density at radius 2 is 1.95 bits per heavy atom. The standard InChI is InChI=1S/C25H35N7O5/c1-4-9-30-10-12-31(13-11-30)18-7-5-17(6-8-18)24(34)27-21(16(2)36-3)25(35)32-14-19(28-29-26)23-22(32)20(33)15-37-23/h5-8,16,19,21-23H,4,9-15H2,1-3H3,(H,27,34). The van der Waals surface area contributed by atoms with E-state index in [9.17, 15) is 14.4 Å².